The first-order valence-corrected chi connectivity index (χ1v) is 8.34. The standard InChI is InChI=1S/C16H23N7O2/c1-4-23-10-8-13(20-23)19-16(25)18-11-5-6-14(24)21(2)15(11)12-7-9-17-22(12)3/h7-11,15H,4-6H2,1-3H3,(H2,18,19,20,25)/t11-,15-/m1/s1. The summed E-state index contributed by atoms with van der Waals surface area (Å²) in [4.78, 5) is 26.2. The van der Waals surface area contributed by atoms with Gasteiger partial charge in [-0.1, -0.05) is 0 Å². The van der Waals surface area contributed by atoms with E-state index in [0.29, 0.717) is 18.7 Å². The molecule has 2 aromatic heterocycles. The predicted octanol–water partition coefficient (Wildman–Crippen LogP) is 1.12. The number of rotatable bonds is 4. The van der Waals surface area contributed by atoms with Crippen LogP contribution in [0.25, 0.3) is 0 Å². The molecule has 2 atom stereocenters. The van der Waals surface area contributed by atoms with Crippen LogP contribution in [0.2, 0.25) is 0 Å². The third kappa shape index (κ3) is 3.49. The fourth-order valence-electron chi connectivity index (χ4n) is 3.19. The van der Waals surface area contributed by atoms with Crippen molar-refractivity contribution in [3.05, 3.63) is 30.2 Å². The molecule has 0 radical (unpaired) electrons. The van der Waals surface area contributed by atoms with Crippen LogP contribution >= 0.6 is 0 Å². The largest absolute Gasteiger partial charge is 0.335 e. The molecule has 2 N–H and O–H groups in total. The van der Waals surface area contributed by atoms with E-state index in [2.05, 4.69) is 20.8 Å². The average molecular weight is 345 g/mol. The Morgan fingerprint density at radius 3 is 2.80 bits per heavy atom. The van der Waals surface area contributed by atoms with Gasteiger partial charge < -0.3 is 10.2 Å². The van der Waals surface area contributed by atoms with E-state index in [1.54, 1.807) is 39.8 Å². The number of hydrogen-bond donors (Lipinski definition) is 2. The summed E-state index contributed by atoms with van der Waals surface area (Å²) in [5.41, 5.74) is 0.885. The van der Waals surface area contributed by atoms with Crippen LogP contribution in [0.15, 0.2) is 24.5 Å². The highest BCUT2D eigenvalue weighted by molar-refractivity contribution is 5.88. The lowest BCUT2D eigenvalue weighted by Crippen LogP contribution is -2.52. The van der Waals surface area contributed by atoms with Gasteiger partial charge in [0.1, 0.15) is 0 Å². The molecule has 0 saturated carbocycles. The highest BCUT2D eigenvalue weighted by Gasteiger charge is 2.37. The Labute approximate surface area is 146 Å². The fraction of sp³-hybridized carbons (Fsp3) is 0.500. The fourth-order valence-corrected chi connectivity index (χ4v) is 3.19. The molecule has 0 spiro atoms. The van der Waals surface area contributed by atoms with E-state index in [1.807, 2.05) is 20.0 Å². The highest BCUT2D eigenvalue weighted by Crippen LogP contribution is 2.30. The normalized spacial score (nSPS) is 20.6. The van der Waals surface area contributed by atoms with Gasteiger partial charge in [0.05, 0.1) is 17.8 Å². The number of carbonyl (C=O) groups is 2. The third-order valence-electron chi connectivity index (χ3n) is 4.55. The number of likely N-dealkylation sites (N-methyl/N-ethyl adjacent to an activating group) is 1. The maximum absolute atomic E-state index is 12.4. The molecule has 3 rings (SSSR count). The van der Waals surface area contributed by atoms with E-state index >= 15 is 0 Å². The third-order valence-corrected chi connectivity index (χ3v) is 4.55. The van der Waals surface area contributed by atoms with Crippen molar-refractivity contribution >= 4 is 17.8 Å². The van der Waals surface area contributed by atoms with Crippen LogP contribution in [0.1, 0.15) is 31.5 Å². The Kier molecular flexibility index (Phi) is 4.73. The molecule has 0 aromatic carbocycles. The maximum atomic E-state index is 12.4. The molecule has 1 aliphatic heterocycles. The van der Waals surface area contributed by atoms with Crippen LogP contribution in [0.3, 0.4) is 0 Å². The van der Waals surface area contributed by atoms with Crippen molar-refractivity contribution in [1.82, 2.24) is 29.8 Å². The average Bonchev–Trinajstić information content (AvgIpc) is 3.20. The smallest absolute Gasteiger partial charge is 0.320 e. The van der Waals surface area contributed by atoms with E-state index in [9.17, 15) is 9.59 Å². The number of hydrogen-bond acceptors (Lipinski definition) is 4. The van der Waals surface area contributed by atoms with Gasteiger partial charge in [0, 0.05) is 45.5 Å². The van der Waals surface area contributed by atoms with E-state index < -0.39 is 0 Å². The van der Waals surface area contributed by atoms with Gasteiger partial charge in [-0.05, 0) is 19.4 Å². The van der Waals surface area contributed by atoms with Crippen LogP contribution in [0.4, 0.5) is 10.6 Å². The molecule has 9 nitrogen and oxygen atoms in total. The van der Waals surface area contributed by atoms with Crippen molar-refractivity contribution in [3.8, 4) is 0 Å². The van der Waals surface area contributed by atoms with Crippen LogP contribution in [-0.4, -0.2) is 49.5 Å². The molecule has 0 bridgehead atoms. The van der Waals surface area contributed by atoms with Gasteiger partial charge >= 0.3 is 6.03 Å². The second-order valence-corrected chi connectivity index (χ2v) is 6.13. The van der Waals surface area contributed by atoms with Crippen molar-refractivity contribution in [2.75, 3.05) is 12.4 Å². The first-order chi connectivity index (χ1) is 12.0. The van der Waals surface area contributed by atoms with Gasteiger partial charge in [-0.3, -0.25) is 19.5 Å². The maximum Gasteiger partial charge on any atom is 0.320 e. The van der Waals surface area contributed by atoms with Crippen LogP contribution in [-0.2, 0) is 18.4 Å². The molecule has 25 heavy (non-hydrogen) atoms. The topological polar surface area (TPSA) is 97.1 Å². The molecule has 0 aliphatic carbocycles. The SMILES string of the molecule is CCn1ccc(NC(=O)N[C@@H]2CCC(=O)N(C)[C@H]2c2ccnn2C)n1. The second kappa shape index (κ2) is 6.96. The quantitative estimate of drug-likeness (QED) is 0.868. The van der Waals surface area contributed by atoms with Gasteiger partial charge in [0.15, 0.2) is 5.82 Å². The zero-order valence-corrected chi connectivity index (χ0v) is 14.6. The summed E-state index contributed by atoms with van der Waals surface area (Å²) in [7, 11) is 3.59. The van der Waals surface area contributed by atoms with E-state index in [0.717, 1.165) is 12.2 Å². The molecule has 0 unspecified atom stereocenters. The van der Waals surface area contributed by atoms with Crippen LogP contribution in [0.5, 0.6) is 0 Å². The predicted molar refractivity (Wildman–Crippen MR) is 91.8 cm³/mol. The summed E-state index contributed by atoms with van der Waals surface area (Å²) >= 11 is 0. The minimum Gasteiger partial charge on any atom is -0.335 e. The Morgan fingerprint density at radius 1 is 1.36 bits per heavy atom. The first-order valence-electron chi connectivity index (χ1n) is 8.34. The molecule has 2 aromatic rings. The van der Waals surface area contributed by atoms with Gasteiger partial charge in [-0.25, -0.2) is 4.79 Å². The molecule has 3 heterocycles. The van der Waals surface area contributed by atoms with Gasteiger partial charge in [-0.2, -0.15) is 10.2 Å². The zero-order valence-electron chi connectivity index (χ0n) is 14.6. The van der Waals surface area contributed by atoms with Gasteiger partial charge in [0.25, 0.3) is 0 Å². The number of amides is 3. The number of urea groups is 1. The zero-order chi connectivity index (χ0) is 18.0. The van der Waals surface area contributed by atoms with Crippen molar-refractivity contribution in [2.24, 2.45) is 7.05 Å². The minimum atomic E-state index is -0.332. The number of nitrogens with one attached hydrogen (secondary N) is 2. The first kappa shape index (κ1) is 17.0. The Hall–Kier alpha value is -2.84. The summed E-state index contributed by atoms with van der Waals surface area (Å²) in [6.07, 6.45) is 4.48. The molecule has 1 saturated heterocycles. The Morgan fingerprint density at radius 2 is 2.16 bits per heavy atom. The molecule has 9 heteroatoms. The number of aromatic nitrogens is 4. The van der Waals surface area contributed by atoms with Gasteiger partial charge in [-0.15, -0.1) is 0 Å². The summed E-state index contributed by atoms with van der Waals surface area (Å²) < 4.78 is 3.47. The number of anilines is 1. The Bertz CT molecular complexity index is 766. The molecular weight excluding hydrogens is 322 g/mol. The van der Waals surface area contributed by atoms with Crippen LogP contribution < -0.4 is 10.6 Å². The monoisotopic (exact) mass is 345 g/mol. The van der Waals surface area contributed by atoms with Crippen molar-refractivity contribution in [1.29, 1.82) is 0 Å². The Balaban J connectivity index is 1.73. The van der Waals surface area contributed by atoms with Crippen molar-refractivity contribution in [2.45, 2.75) is 38.4 Å². The van der Waals surface area contributed by atoms with Crippen LogP contribution in [0, 0.1) is 0 Å². The lowest BCUT2D eigenvalue weighted by Gasteiger charge is -2.39. The molecule has 134 valence electrons. The van der Waals surface area contributed by atoms with E-state index in [4.69, 9.17) is 0 Å². The van der Waals surface area contributed by atoms with E-state index in [1.165, 1.54) is 0 Å². The lowest BCUT2D eigenvalue weighted by atomic mass is 9.93. The number of carbonyl (C=O) groups excluding carboxylic acids is 2. The van der Waals surface area contributed by atoms with E-state index in [-0.39, 0.29) is 24.0 Å². The molecular formula is C16H23N7O2. The molecule has 3 amide bonds. The second-order valence-electron chi connectivity index (χ2n) is 6.13. The molecule has 1 aliphatic rings. The summed E-state index contributed by atoms with van der Waals surface area (Å²) in [5.74, 6) is 0.558. The lowest BCUT2D eigenvalue weighted by molar-refractivity contribution is -0.136. The number of likely N-dealkylation sites (tertiary alicyclic amines) is 1. The summed E-state index contributed by atoms with van der Waals surface area (Å²) in [6.45, 7) is 2.71. The number of piperidine rings is 1. The minimum absolute atomic E-state index is 0.0614. The number of aryl methyl sites for hydroxylation is 2. The van der Waals surface area contributed by atoms with Crippen molar-refractivity contribution in [3.63, 3.8) is 0 Å². The number of nitrogens with zero attached hydrogens (tertiary/aromatic N) is 5. The molecule has 1 fully saturated rings. The summed E-state index contributed by atoms with van der Waals surface area (Å²) in [6, 6.07) is 2.83. The van der Waals surface area contributed by atoms with Gasteiger partial charge in [0.2, 0.25) is 5.91 Å². The van der Waals surface area contributed by atoms with Crippen molar-refractivity contribution < 1.29 is 9.59 Å². The highest BCUT2D eigenvalue weighted by atomic mass is 16.2. The summed E-state index contributed by atoms with van der Waals surface area (Å²) in [5, 5.41) is 14.1.